The summed E-state index contributed by atoms with van der Waals surface area (Å²) in [6, 6.07) is 2.26. The number of pyridine rings is 1. The van der Waals surface area contributed by atoms with E-state index >= 15 is 0 Å². The molecule has 2 heterocycles. The second-order valence-corrected chi connectivity index (χ2v) is 4.23. The first kappa shape index (κ1) is 14.4. The van der Waals surface area contributed by atoms with Crippen LogP contribution in [0, 0.1) is 0 Å². The summed E-state index contributed by atoms with van der Waals surface area (Å²) in [5.74, 6) is 0.304. The summed E-state index contributed by atoms with van der Waals surface area (Å²) in [4.78, 5) is 5.51. The van der Waals surface area contributed by atoms with E-state index in [-0.39, 0.29) is 12.4 Å². The molecular weight excluding hydrogens is 277 g/mol. The number of hydrogen-bond acceptors (Lipinski definition) is 5. The van der Waals surface area contributed by atoms with Gasteiger partial charge in [0, 0.05) is 12.7 Å². The van der Waals surface area contributed by atoms with E-state index in [0.29, 0.717) is 19.0 Å². The maximum atomic E-state index is 12.4. The molecule has 1 aromatic heterocycles. The van der Waals surface area contributed by atoms with Crippen molar-refractivity contribution in [3.05, 3.63) is 23.9 Å². The van der Waals surface area contributed by atoms with E-state index in [0.717, 1.165) is 12.3 Å². The van der Waals surface area contributed by atoms with E-state index < -0.39 is 17.8 Å². The molecule has 0 aliphatic carbocycles. The molecule has 0 aromatic carbocycles. The fourth-order valence-corrected chi connectivity index (χ4v) is 1.84. The highest BCUT2D eigenvalue weighted by Crippen LogP contribution is 2.29. The fraction of sp³-hybridized carbons (Fsp3) is 0.455. The minimum absolute atomic E-state index is 0.0818. The van der Waals surface area contributed by atoms with Gasteiger partial charge in [-0.2, -0.15) is 13.2 Å². The Hall–Kier alpha value is -2.03. The van der Waals surface area contributed by atoms with Crippen LogP contribution in [0.4, 0.5) is 19.0 Å². The zero-order chi connectivity index (χ0) is 14.8. The lowest BCUT2D eigenvalue weighted by Crippen LogP contribution is -2.48. The van der Waals surface area contributed by atoms with Crippen molar-refractivity contribution in [1.82, 2.24) is 4.98 Å². The summed E-state index contributed by atoms with van der Waals surface area (Å²) < 4.78 is 42.6. The molecule has 1 aromatic rings. The molecule has 1 aliphatic rings. The van der Waals surface area contributed by atoms with E-state index in [1.165, 1.54) is 6.07 Å². The largest absolute Gasteiger partial charge is 0.417 e. The van der Waals surface area contributed by atoms with Gasteiger partial charge in [-0.1, -0.05) is 5.16 Å². The zero-order valence-corrected chi connectivity index (χ0v) is 10.3. The molecule has 20 heavy (non-hydrogen) atoms. The van der Waals surface area contributed by atoms with E-state index in [4.69, 9.17) is 15.7 Å². The number of halogens is 3. The molecule has 0 spiro atoms. The van der Waals surface area contributed by atoms with Crippen molar-refractivity contribution in [1.29, 1.82) is 0 Å². The molecule has 1 fully saturated rings. The van der Waals surface area contributed by atoms with Gasteiger partial charge in [0.2, 0.25) is 0 Å². The van der Waals surface area contributed by atoms with E-state index in [1.54, 1.807) is 4.90 Å². The normalized spacial score (nSPS) is 21.1. The van der Waals surface area contributed by atoms with Crippen LogP contribution in [0.2, 0.25) is 0 Å². The molecule has 0 amide bonds. The number of anilines is 1. The van der Waals surface area contributed by atoms with Crippen LogP contribution < -0.4 is 10.6 Å². The second-order valence-electron chi connectivity index (χ2n) is 4.23. The number of nitrogens with two attached hydrogens (primary N) is 1. The van der Waals surface area contributed by atoms with Gasteiger partial charge in [-0.05, 0) is 12.1 Å². The maximum absolute atomic E-state index is 12.4. The van der Waals surface area contributed by atoms with Crippen LogP contribution >= 0.6 is 0 Å². The Bertz CT molecular complexity index is 489. The molecule has 3 N–H and O–H groups in total. The Morgan fingerprint density at radius 2 is 2.25 bits per heavy atom. The number of oxime groups is 1. The molecule has 1 aliphatic heterocycles. The van der Waals surface area contributed by atoms with Crippen LogP contribution in [0.5, 0.6) is 0 Å². The topological polar surface area (TPSA) is 84.0 Å². The number of nitrogens with zero attached hydrogens (tertiary/aromatic N) is 3. The number of ether oxygens (including phenoxy) is 1. The first-order valence-electron chi connectivity index (χ1n) is 5.79. The molecule has 6 nitrogen and oxygen atoms in total. The summed E-state index contributed by atoms with van der Waals surface area (Å²) in [6.07, 6.45) is -4.24. The summed E-state index contributed by atoms with van der Waals surface area (Å²) in [5, 5.41) is 11.5. The zero-order valence-electron chi connectivity index (χ0n) is 10.3. The van der Waals surface area contributed by atoms with Crippen molar-refractivity contribution in [2.45, 2.75) is 12.3 Å². The third-order valence-corrected chi connectivity index (χ3v) is 2.91. The maximum Gasteiger partial charge on any atom is 0.417 e. The average molecular weight is 290 g/mol. The van der Waals surface area contributed by atoms with Gasteiger partial charge < -0.3 is 20.6 Å². The Morgan fingerprint density at radius 3 is 2.80 bits per heavy atom. The van der Waals surface area contributed by atoms with Crippen LogP contribution in [0.25, 0.3) is 0 Å². The summed E-state index contributed by atoms with van der Waals surface area (Å²) >= 11 is 0. The Balaban J connectivity index is 2.11. The van der Waals surface area contributed by atoms with Crippen LogP contribution in [0.15, 0.2) is 23.5 Å². The highest BCUT2D eigenvalue weighted by molar-refractivity contribution is 5.85. The van der Waals surface area contributed by atoms with E-state index in [1.807, 2.05) is 0 Å². The molecule has 1 unspecified atom stereocenters. The third-order valence-electron chi connectivity index (χ3n) is 2.91. The lowest BCUT2D eigenvalue weighted by Gasteiger charge is -2.33. The number of morpholine rings is 1. The Morgan fingerprint density at radius 1 is 1.50 bits per heavy atom. The number of amidine groups is 1. The van der Waals surface area contributed by atoms with E-state index in [9.17, 15) is 13.2 Å². The van der Waals surface area contributed by atoms with Crippen LogP contribution in [0.3, 0.4) is 0 Å². The molecule has 0 radical (unpaired) electrons. The molecule has 0 bridgehead atoms. The van der Waals surface area contributed by atoms with Crippen molar-refractivity contribution in [2.24, 2.45) is 10.9 Å². The molecule has 1 saturated heterocycles. The molecule has 0 saturated carbocycles. The summed E-state index contributed by atoms with van der Waals surface area (Å²) in [5.41, 5.74) is 4.65. The number of alkyl halides is 3. The van der Waals surface area contributed by atoms with Crippen molar-refractivity contribution in [3.63, 3.8) is 0 Å². The highest BCUT2D eigenvalue weighted by atomic mass is 19.4. The van der Waals surface area contributed by atoms with Crippen LogP contribution in [-0.2, 0) is 10.9 Å². The minimum atomic E-state index is -4.41. The van der Waals surface area contributed by atoms with Crippen LogP contribution in [0.1, 0.15) is 5.56 Å². The quantitative estimate of drug-likeness (QED) is 0.368. The monoisotopic (exact) mass is 290 g/mol. The first-order chi connectivity index (χ1) is 9.41. The van der Waals surface area contributed by atoms with Crippen molar-refractivity contribution in [2.75, 3.05) is 24.6 Å². The first-order valence-corrected chi connectivity index (χ1v) is 5.79. The second kappa shape index (κ2) is 5.53. The van der Waals surface area contributed by atoms with Crippen LogP contribution in [-0.4, -0.2) is 41.8 Å². The summed E-state index contributed by atoms with van der Waals surface area (Å²) in [6.45, 7) is 1.03. The Kier molecular flexibility index (Phi) is 3.98. The predicted molar refractivity (Wildman–Crippen MR) is 64.6 cm³/mol. The number of hydrogen-bond donors (Lipinski definition) is 2. The molecule has 1 atom stereocenters. The average Bonchev–Trinajstić information content (AvgIpc) is 2.46. The molecular formula is C11H13F3N4O2. The van der Waals surface area contributed by atoms with Gasteiger partial charge in [0.15, 0.2) is 5.84 Å². The minimum Gasteiger partial charge on any atom is -0.409 e. The van der Waals surface area contributed by atoms with Gasteiger partial charge in [0.05, 0.1) is 18.7 Å². The van der Waals surface area contributed by atoms with Gasteiger partial charge in [-0.3, -0.25) is 0 Å². The van der Waals surface area contributed by atoms with Crippen molar-refractivity contribution < 1.29 is 23.1 Å². The lowest BCUT2D eigenvalue weighted by molar-refractivity contribution is -0.137. The van der Waals surface area contributed by atoms with Crippen molar-refractivity contribution >= 4 is 11.7 Å². The molecule has 9 heteroatoms. The third kappa shape index (κ3) is 3.10. The van der Waals surface area contributed by atoms with Gasteiger partial charge in [-0.15, -0.1) is 0 Å². The van der Waals surface area contributed by atoms with E-state index in [2.05, 4.69) is 10.1 Å². The molecule has 2 rings (SSSR count). The highest BCUT2D eigenvalue weighted by Gasteiger charge is 2.31. The standard InChI is InChI=1S/C11H13F3N4O2/c12-11(13,14)7-1-2-9(16-5-7)18-3-4-20-8(6-18)10(15)17-19/h1-2,5,8,19H,3-4,6H2,(H2,15,17). The number of aromatic nitrogens is 1. The van der Waals surface area contributed by atoms with Gasteiger partial charge in [0.1, 0.15) is 11.9 Å². The fourth-order valence-electron chi connectivity index (χ4n) is 1.84. The van der Waals surface area contributed by atoms with Gasteiger partial charge in [0.25, 0.3) is 0 Å². The lowest BCUT2D eigenvalue weighted by atomic mass is 10.2. The Labute approximate surface area is 112 Å². The molecule has 110 valence electrons. The predicted octanol–water partition coefficient (Wildman–Crippen LogP) is 1.05. The summed E-state index contributed by atoms with van der Waals surface area (Å²) in [7, 11) is 0. The van der Waals surface area contributed by atoms with Gasteiger partial charge in [-0.25, -0.2) is 4.98 Å². The smallest absolute Gasteiger partial charge is 0.409 e. The SMILES string of the molecule is NC(=NO)C1CN(c2ccc(C(F)(F)F)cn2)CCO1. The number of rotatable bonds is 2. The van der Waals surface area contributed by atoms with Gasteiger partial charge >= 0.3 is 6.18 Å². The van der Waals surface area contributed by atoms with Crippen molar-refractivity contribution in [3.8, 4) is 0 Å².